The minimum Gasteiger partial charge on any atom is -0.382 e. The van der Waals surface area contributed by atoms with Crippen molar-refractivity contribution in [1.82, 2.24) is 29.9 Å². The van der Waals surface area contributed by atoms with Gasteiger partial charge in [0.25, 0.3) is 0 Å². The van der Waals surface area contributed by atoms with Crippen molar-refractivity contribution in [2.75, 3.05) is 11.1 Å². The van der Waals surface area contributed by atoms with Crippen LogP contribution in [0.4, 0.5) is 11.8 Å². The summed E-state index contributed by atoms with van der Waals surface area (Å²) in [6.45, 7) is 0. The molecule has 1 fully saturated rings. The van der Waals surface area contributed by atoms with Crippen LogP contribution in [0, 0.1) is 0 Å². The van der Waals surface area contributed by atoms with Crippen LogP contribution in [-0.2, 0) is 0 Å². The highest BCUT2D eigenvalue weighted by Crippen LogP contribution is 2.25. The fraction of sp³-hybridized carbons (Fsp3) is 0.333. The van der Waals surface area contributed by atoms with Gasteiger partial charge in [0, 0.05) is 23.7 Å². The van der Waals surface area contributed by atoms with E-state index in [0.29, 0.717) is 17.4 Å². The third-order valence-corrected chi connectivity index (χ3v) is 5.26. The Morgan fingerprint density at radius 1 is 1.19 bits per heavy atom. The molecule has 1 aliphatic rings. The second-order valence-corrected chi connectivity index (χ2v) is 7.07. The van der Waals surface area contributed by atoms with Gasteiger partial charge in [-0.2, -0.15) is 10.1 Å². The van der Waals surface area contributed by atoms with Gasteiger partial charge in [0.05, 0.1) is 22.8 Å². The molecule has 0 bridgehead atoms. The van der Waals surface area contributed by atoms with Crippen molar-refractivity contribution in [2.24, 2.45) is 5.73 Å². The van der Waals surface area contributed by atoms with Gasteiger partial charge in [-0.15, -0.1) is 5.10 Å². The molecular weight excluding hydrogens is 342 g/mol. The molecule has 1 aromatic carbocycles. The first-order valence-electron chi connectivity index (χ1n) is 9.16. The Morgan fingerprint density at radius 2 is 2.07 bits per heavy atom. The van der Waals surface area contributed by atoms with E-state index >= 15 is 0 Å². The Kier molecular flexibility index (Phi) is 3.68. The largest absolute Gasteiger partial charge is 0.382 e. The van der Waals surface area contributed by atoms with E-state index in [-0.39, 0.29) is 12.1 Å². The molecule has 4 aromatic rings. The summed E-state index contributed by atoms with van der Waals surface area (Å²) >= 11 is 0. The first kappa shape index (κ1) is 16.0. The van der Waals surface area contributed by atoms with Crippen molar-refractivity contribution in [3.05, 3.63) is 30.6 Å². The molecule has 0 amide bonds. The van der Waals surface area contributed by atoms with Crippen molar-refractivity contribution in [3.63, 3.8) is 0 Å². The van der Waals surface area contributed by atoms with Gasteiger partial charge < -0.3 is 16.8 Å². The SMILES string of the molecule is Nc1nn(-c2ccc3cn[nH]c3c2)c2nc(NC3CCCC[C@H]3N)ncc12. The summed E-state index contributed by atoms with van der Waals surface area (Å²) < 4.78 is 1.73. The molecule has 1 aliphatic carbocycles. The molecule has 138 valence electrons. The second-order valence-electron chi connectivity index (χ2n) is 7.07. The Hall–Kier alpha value is -3.20. The molecule has 1 unspecified atom stereocenters. The minimum atomic E-state index is 0.121. The molecule has 3 heterocycles. The fourth-order valence-electron chi connectivity index (χ4n) is 3.73. The summed E-state index contributed by atoms with van der Waals surface area (Å²) in [5.74, 6) is 0.948. The van der Waals surface area contributed by atoms with E-state index < -0.39 is 0 Å². The molecular formula is C18H21N9. The Morgan fingerprint density at radius 3 is 2.96 bits per heavy atom. The number of aromatic amines is 1. The molecule has 3 aromatic heterocycles. The highest BCUT2D eigenvalue weighted by molar-refractivity contribution is 5.88. The molecule has 0 saturated heterocycles. The van der Waals surface area contributed by atoms with E-state index in [1.54, 1.807) is 17.1 Å². The van der Waals surface area contributed by atoms with Crippen molar-refractivity contribution in [1.29, 1.82) is 0 Å². The second kappa shape index (κ2) is 6.20. The highest BCUT2D eigenvalue weighted by atomic mass is 15.3. The average Bonchev–Trinajstić information content (AvgIpc) is 3.27. The number of fused-ring (bicyclic) bond motifs is 2. The van der Waals surface area contributed by atoms with E-state index in [9.17, 15) is 0 Å². The van der Waals surface area contributed by atoms with E-state index in [2.05, 4.69) is 30.6 Å². The van der Waals surface area contributed by atoms with Crippen LogP contribution in [-0.4, -0.2) is 42.0 Å². The van der Waals surface area contributed by atoms with Crippen LogP contribution in [0.15, 0.2) is 30.6 Å². The zero-order valence-corrected chi connectivity index (χ0v) is 14.8. The molecule has 5 rings (SSSR count). The van der Waals surface area contributed by atoms with Crippen LogP contribution >= 0.6 is 0 Å². The maximum atomic E-state index is 6.24. The number of nitrogens with one attached hydrogen (secondary N) is 2. The number of nitrogen functional groups attached to an aromatic ring is 1. The zero-order chi connectivity index (χ0) is 18.4. The summed E-state index contributed by atoms with van der Waals surface area (Å²) in [7, 11) is 0. The minimum absolute atomic E-state index is 0.121. The maximum absolute atomic E-state index is 6.24. The van der Waals surface area contributed by atoms with Crippen LogP contribution in [0.25, 0.3) is 27.6 Å². The molecule has 9 heteroatoms. The Balaban J connectivity index is 1.56. The number of nitrogens with zero attached hydrogens (tertiary/aromatic N) is 5. The number of rotatable bonds is 3. The number of benzene rings is 1. The van der Waals surface area contributed by atoms with Crippen molar-refractivity contribution < 1.29 is 0 Å². The average molecular weight is 363 g/mol. The molecule has 1 saturated carbocycles. The lowest BCUT2D eigenvalue weighted by molar-refractivity contribution is 0.402. The van der Waals surface area contributed by atoms with Gasteiger partial charge in [-0.25, -0.2) is 9.67 Å². The van der Waals surface area contributed by atoms with Crippen LogP contribution in [0.3, 0.4) is 0 Å². The van der Waals surface area contributed by atoms with Gasteiger partial charge >= 0.3 is 0 Å². The first-order chi connectivity index (χ1) is 13.2. The standard InChI is InChI=1S/C18H21N9/c19-13-3-1-2-4-14(13)23-18-21-9-12-16(20)26-27(17(12)24-18)11-6-5-10-8-22-25-15(10)7-11/h5-9,13-14H,1-4,19H2,(H2,20,26)(H,22,25)(H,21,23,24)/t13-,14?/m1/s1. The number of hydrogen-bond donors (Lipinski definition) is 4. The number of H-pyrrole nitrogens is 1. The quantitative estimate of drug-likeness (QED) is 0.437. The third-order valence-electron chi connectivity index (χ3n) is 5.26. The van der Waals surface area contributed by atoms with E-state index in [0.717, 1.165) is 34.8 Å². The number of nitrogens with two attached hydrogens (primary N) is 2. The molecule has 9 nitrogen and oxygen atoms in total. The highest BCUT2D eigenvalue weighted by Gasteiger charge is 2.23. The van der Waals surface area contributed by atoms with Gasteiger partial charge in [-0.3, -0.25) is 5.10 Å². The first-order valence-corrected chi connectivity index (χ1v) is 9.16. The number of anilines is 2. The number of hydrogen-bond acceptors (Lipinski definition) is 7. The van der Waals surface area contributed by atoms with Gasteiger partial charge in [0.1, 0.15) is 0 Å². The molecule has 0 spiro atoms. The molecule has 27 heavy (non-hydrogen) atoms. The molecule has 2 atom stereocenters. The summed E-state index contributed by atoms with van der Waals surface area (Å²) in [4.78, 5) is 9.10. The molecule has 6 N–H and O–H groups in total. The normalized spacial score (nSPS) is 20.3. The van der Waals surface area contributed by atoms with Crippen molar-refractivity contribution in [3.8, 4) is 5.69 Å². The van der Waals surface area contributed by atoms with Gasteiger partial charge in [0.15, 0.2) is 11.5 Å². The van der Waals surface area contributed by atoms with Gasteiger partial charge in [0.2, 0.25) is 5.95 Å². The van der Waals surface area contributed by atoms with Crippen LogP contribution in [0.5, 0.6) is 0 Å². The summed E-state index contributed by atoms with van der Waals surface area (Å²) in [5.41, 5.74) is 14.8. The lowest BCUT2D eigenvalue weighted by atomic mass is 9.91. The lowest BCUT2D eigenvalue weighted by Gasteiger charge is -2.29. The van der Waals surface area contributed by atoms with Crippen LogP contribution < -0.4 is 16.8 Å². The van der Waals surface area contributed by atoms with Gasteiger partial charge in [-0.05, 0) is 31.0 Å². The van der Waals surface area contributed by atoms with Crippen LogP contribution in [0.2, 0.25) is 0 Å². The van der Waals surface area contributed by atoms with Crippen molar-refractivity contribution in [2.45, 2.75) is 37.8 Å². The third kappa shape index (κ3) is 2.76. The Labute approximate surface area is 155 Å². The monoisotopic (exact) mass is 363 g/mol. The molecule has 0 aliphatic heterocycles. The summed E-state index contributed by atoms with van der Waals surface area (Å²) in [6, 6.07) is 6.23. The topological polar surface area (TPSA) is 136 Å². The van der Waals surface area contributed by atoms with E-state index in [4.69, 9.17) is 11.5 Å². The zero-order valence-electron chi connectivity index (χ0n) is 14.8. The smallest absolute Gasteiger partial charge is 0.224 e. The van der Waals surface area contributed by atoms with E-state index in [1.807, 2.05) is 18.2 Å². The number of aromatic nitrogens is 6. The van der Waals surface area contributed by atoms with Crippen molar-refractivity contribution >= 4 is 33.7 Å². The molecule has 0 radical (unpaired) electrons. The predicted octanol–water partition coefficient (Wildman–Crippen LogP) is 1.96. The van der Waals surface area contributed by atoms with Gasteiger partial charge in [-0.1, -0.05) is 12.8 Å². The summed E-state index contributed by atoms with van der Waals surface area (Å²) in [5, 5.41) is 16.6. The Bertz CT molecular complexity index is 1110. The predicted molar refractivity (Wildman–Crippen MR) is 105 cm³/mol. The summed E-state index contributed by atoms with van der Waals surface area (Å²) in [6.07, 6.45) is 7.90. The maximum Gasteiger partial charge on any atom is 0.224 e. The lowest BCUT2D eigenvalue weighted by Crippen LogP contribution is -2.42. The fourth-order valence-corrected chi connectivity index (χ4v) is 3.73. The van der Waals surface area contributed by atoms with Crippen LogP contribution in [0.1, 0.15) is 25.7 Å². The van der Waals surface area contributed by atoms with E-state index in [1.165, 1.54) is 12.8 Å².